The fourth-order valence-corrected chi connectivity index (χ4v) is 1.73. The second-order valence-corrected chi connectivity index (χ2v) is 5.43. The van der Waals surface area contributed by atoms with Crippen molar-refractivity contribution in [1.29, 1.82) is 0 Å². The number of nitrogens with one attached hydrogen (secondary N) is 2. The zero-order chi connectivity index (χ0) is 17.1. The van der Waals surface area contributed by atoms with Gasteiger partial charge >= 0.3 is 0 Å². The van der Waals surface area contributed by atoms with Crippen molar-refractivity contribution >= 4 is 35.8 Å². The van der Waals surface area contributed by atoms with E-state index in [-0.39, 0.29) is 36.4 Å². The van der Waals surface area contributed by atoms with Crippen molar-refractivity contribution in [3.63, 3.8) is 0 Å². The number of benzene rings is 1. The van der Waals surface area contributed by atoms with Crippen LogP contribution in [0.4, 0.5) is 0 Å². The number of guanidine groups is 1. The Kier molecular flexibility index (Phi) is 12.0. The first kappa shape index (κ1) is 22.5. The molecule has 2 N–H and O–H groups in total. The number of hydrogen-bond acceptors (Lipinski definition) is 3. The lowest BCUT2D eigenvalue weighted by Crippen LogP contribution is -2.39. The number of hydrogen-bond donors (Lipinski definition) is 2. The molecule has 0 aliphatic heterocycles. The van der Waals surface area contributed by atoms with E-state index in [9.17, 15) is 4.79 Å². The van der Waals surface area contributed by atoms with Gasteiger partial charge in [0.1, 0.15) is 12.3 Å². The van der Waals surface area contributed by atoms with Gasteiger partial charge in [0.2, 0.25) is 5.91 Å². The molecule has 1 rings (SSSR count). The lowest BCUT2D eigenvalue weighted by molar-refractivity contribution is -0.127. The Hall–Kier alpha value is -1.51. The van der Waals surface area contributed by atoms with Gasteiger partial charge < -0.3 is 20.3 Å². The highest BCUT2D eigenvalue weighted by molar-refractivity contribution is 14.0. The summed E-state index contributed by atoms with van der Waals surface area (Å²) in [5.41, 5.74) is 1.22. The molecule has 0 atom stereocenters. The number of carbonyl (C=O) groups excluding carboxylic acids is 1. The molecule has 0 unspecified atom stereocenters. The lowest BCUT2D eigenvalue weighted by atomic mass is 10.2. The predicted molar refractivity (Wildman–Crippen MR) is 109 cm³/mol. The largest absolute Gasteiger partial charge is 0.494 e. The molecule has 0 saturated heterocycles. The molecular weight excluding hydrogens is 419 g/mol. The number of aliphatic imine (C=N–C) groups is 1. The van der Waals surface area contributed by atoms with Crippen LogP contribution in [0.15, 0.2) is 29.3 Å². The Morgan fingerprint density at radius 3 is 2.46 bits per heavy atom. The standard InChI is InChI=1S/C17H28N4O2.HI/c1-5-18-17(20-13-16(22)21(3)4)19-11-6-12-23-15-9-7-14(2)8-10-15;/h7-10H,5-6,11-13H2,1-4H3,(H2,18,19,20);1H. The normalized spacial score (nSPS) is 10.6. The van der Waals surface area contributed by atoms with Crippen molar-refractivity contribution in [2.24, 2.45) is 4.99 Å². The van der Waals surface area contributed by atoms with Gasteiger partial charge in [0.15, 0.2) is 5.96 Å². The van der Waals surface area contributed by atoms with Crippen LogP contribution >= 0.6 is 24.0 Å². The van der Waals surface area contributed by atoms with E-state index in [4.69, 9.17) is 4.74 Å². The minimum atomic E-state index is -0.0232. The van der Waals surface area contributed by atoms with Crippen LogP contribution in [0.1, 0.15) is 18.9 Å². The minimum absolute atomic E-state index is 0. The Morgan fingerprint density at radius 2 is 1.88 bits per heavy atom. The second kappa shape index (κ2) is 12.9. The highest BCUT2D eigenvalue weighted by Gasteiger charge is 2.03. The van der Waals surface area contributed by atoms with Crippen LogP contribution in [0.5, 0.6) is 5.75 Å². The highest BCUT2D eigenvalue weighted by Crippen LogP contribution is 2.11. The summed E-state index contributed by atoms with van der Waals surface area (Å²) >= 11 is 0. The Labute approximate surface area is 162 Å². The average molecular weight is 448 g/mol. The third-order valence-corrected chi connectivity index (χ3v) is 3.12. The maximum absolute atomic E-state index is 11.6. The minimum Gasteiger partial charge on any atom is -0.494 e. The number of ether oxygens (including phenoxy) is 1. The Bertz CT molecular complexity index is 504. The maximum atomic E-state index is 11.6. The molecule has 7 heteroatoms. The van der Waals surface area contributed by atoms with Gasteiger partial charge in [-0.3, -0.25) is 4.79 Å². The van der Waals surface area contributed by atoms with Crippen LogP contribution in [-0.4, -0.2) is 57.1 Å². The van der Waals surface area contributed by atoms with Crippen LogP contribution in [-0.2, 0) is 4.79 Å². The molecule has 136 valence electrons. The molecule has 0 saturated carbocycles. The van der Waals surface area contributed by atoms with Crippen LogP contribution in [0.2, 0.25) is 0 Å². The van der Waals surface area contributed by atoms with E-state index in [0.717, 1.165) is 25.3 Å². The number of amides is 1. The first-order valence-corrected chi connectivity index (χ1v) is 7.94. The second-order valence-electron chi connectivity index (χ2n) is 5.43. The molecule has 6 nitrogen and oxygen atoms in total. The van der Waals surface area contributed by atoms with Gasteiger partial charge in [-0.2, -0.15) is 0 Å². The van der Waals surface area contributed by atoms with E-state index in [0.29, 0.717) is 12.6 Å². The molecule has 1 amide bonds. The number of halogens is 1. The number of likely N-dealkylation sites (N-methyl/N-ethyl adjacent to an activating group) is 1. The van der Waals surface area contributed by atoms with E-state index in [1.54, 1.807) is 14.1 Å². The number of rotatable bonds is 8. The molecule has 0 aliphatic rings. The maximum Gasteiger partial charge on any atom is 0.243 e. The first-order valence-electron chi connectivity index (χ1n) is 7.94. The van der Waals surface area contributed by atoms with Crippen molar-refractivity contribution in [2.45, 2.75) is 20.3 Å². The average Bonchev–Trinajstić information content (AvgIpc) is 2.53. The SMILES string of the molecule is CCNC(=NCC(=O)N(C)C)NCCCOc1ccc(C)cc1.I. The summed E-state index contributed by atoms with van der Waals surface area (Å²) < 4.78 is 5.67. The molecule has 1 aromatic rings. The molecule has 0 bridgehead atoms. The highest BCUT2D eigenvalue weighted by atomic mass is 127. The third-order valence-electron chi connectivity index (χ3n) is 3.12. The molecule has 0 spiro atoms. The van der Waals surface area contributed by atoms with Gasteiger partial charge in [-0.25, -0.2) is 4.99 Å². The number of nitrogens with zero attached hydrogens (tertiary/aromatic N) is 2. The van der Waals surface area contributed by atoms with Gasteiger partial charge in [0.05, 0.1) is 6.61 Å². The van der Waals surface area contributed by atoms with Gasteiger partial charge in [-0.05, 0) is 32.4 Å². The van der Waals surface area contributed by atoms with Crippen LogP contribution in [0.25, 0.3) is 0 Å². The van der Waals surface area contributed by atoms with Crippen molar-refractivity contribution in [1.82, 2.24) is 15.5 Å². The van der Waals surface area contributed by atoms with Gasteiger partial charge in [-0.1, -0.05) is 17.7 Å². The zero-order valence-electron chi connectivity index (χ0n) is 15.0. The summed E-state index contributed by atoms with van der Waals surface area (Å²) in [6.07, 6.45) is 0.847. The summed E-state index contributed by atoms with van der Waals surface area (Å²) in [7, 11) is 3.45. The first-order chi connectivity index (χ1) is 11.0. The summed E-state index contributed by atoms with van der Waals surface area (Å²) in [5, 5.41) is 6.32. The topological polar surface area (TPSA) is 66.0 Å². The van der Waals surface area contributed by atoms with Gasteiger partial charge in [-0.15, -0.1) is 24.0 Å². The van der Waals surface area contributed by atoms with Crippen molar-refractivity contribution < 1.29 is 9.53 Å². The van der Waals surface area contributed by atoms with Crippen molar-refractivity contribution in [3.05, 3.63) is 29.8 Å². The molecule has 0 aliphatic carbocycles. The molecule has 0 radical (unpaired) electrons. The van der Waals surface area contributed by atoms with E-state index in [2.05, 4.69) is 22.5 Å². The Morgan fingerprint density at radius 1 is 1.21 bits per heavy atom. The predicted octanol–water partition coefficient (Wildman–Crippen LogP) is 2.03. The van der Waals surface area contributed by atoms with Gasteiger partial charge in [0.25, 0.3) is 0 Å². The Balaban J connectivity index is 0.00000529. The fraction of sp³-hybridized carbons (Fsp3) is 0.529. The fourth-order valence-electron chi connectivity index (χ4n) is 1.73. The summed E-state index contributed by atoms with van der Waals surface area (Å²) in [5.74, 6) is 1.51. The number of carbonyl (C=O) groups is 1. The van der Waals surface area contributed by atoms with Crippen LogP contribution < -0.4 is 15.4 Å². The van der Waals surface area contributed by atoms with Crippen LogP contribution in [0, 0.1) is 6.92 Å². The summed E-state index contributed by atoms with van der Waals surface area (Å²) in [4.78, 5) is 17.3. The molecule has 1 aromatic carbocycles. The lowest BCUT2D eigenvalue weighted by Gasteiger charge is -2.13. The van der Waals surface area contributed by atoms with E-state index < -0.39 is 0 Å². The zero-order valence-corrected chi connectivity index (χ0v) is 17.3. The van der Waals surface area contributed by atoms with Crippen molar-refractivity contribution in [3.8, 4) is 5.75 Å². The molecular formula is C17H29IN4O2. The van der Waals surface area contributed by atoms with E-state index in [1.165, 1.54) is 10.5 Å². The van der Waals surface area contributed by atoms with E-state index >= 15 is 0 Å². The van der Waals surface area contributed by atoms with Crippen molar-refractivity contribution in [2.75, 3.05) is 40.3 Å². The number of aryl methyl sites for hydroxylation is 1. The van der Waals surface area contributed by atoms with Crippen LogP contribution in [0.3, 0.4) is 0 Å². The third kappa shape index (κ3) is 9.59. The molecule has 0 fully saturated rings. The quantitative estimate of drug-likeness (QED) is 0.277. The van der Waals surface area contributed by atoms with Gasteiger partial charge in [0, 0.05) is 27.2 Å². The summed E-state index contributed by atoms with van der Waals surface area (Å²) in [6.45, 7) is 6.30. The molecule has 0 heterocycles. The smallest absolute Gasteiger partial charge is 0.243 e. The summed E-state index contributed by atoms with van der Waals surface area (Å²) in [6, 6.07) is 8.01. The van der Waals surface area contributed by atoms with E-state index in [1.807, 2.05) is 31.2 Å². The monoisotopic (exact) mass is 448 g/mol. The molecule has 0 aromatic heterocycles. The molecule has 24 heavy (non-hydrogen) atoms.